The van der Waals surface area contributed by atoms with Crippen molar-refractivity contribution in [1.82, 2.24) is 5.32 Å². The van der Waals surface area contributed by atoms with Crippen LogP contribution in [0, 0.1) is 23.7 Å². The Morgan fingerprint density at radius 3 is 2.24 bits per heavy atom. The SMILES string of the molecule is C=C(C)/C(C(=C)CCNCC(C)C)=C(C(C)=NC)/C(=C\C(C)=C/C1CC(C(N)=O)C1)C1CC1. The van der Waals surface area contributed by atoms with Gasteiger partial charge in [0.05, 0.1) is 0 Å². The second kappa shape index (κ2) is 12.3. The zero-order valence-corrected chi connectivity index (χ0v) is 21.8. The van der Waals surface area contributed by atoms with Crippen molar-refractivity contribution >= 4 is 11.6 Å². The van der Waals surface area contributed by atoms with E-state index in [-0.39, 0.29) is 11.8 Å². The van der Waals surface area contributed by atoms with Crippen LogP contribution in [-0.4, -0.2) is 31.8 Å². The van der Waals surface area contributed by atoms with Gasteiger partial charge in [0, 0.05) is 24.3 Å². The Morgan fingerprint density at radius 1 is 1.12 bits per heavy atom. The largest absolute Gasteiger partial charge is 0.369 e. The third-order valence-corrected chi connectivity index (χ3v) is 6.65. The molecule has 0 spiro atoms. The summed E-state index contributed by atoms with van der Waals surface area (Å²) in [5, 5.41) is 3.53. The molecule has 3 N–H and O–H groups in total. The van der Waals surface area contributed by atoms with Crippen LogP contribution >= 0.6 is 0 Å². The van der Waals surface area contributed by atoms with E-state index >= 15 is 0 Å². The van der Waals surface area contributed by atoms with Crippen molar-refractivity contribution in [2.75, 3.05) is 20.1 Å². The van der Waals surface area contributed by atoms with Gasteiger partial charge in [-0.1, -0.05) is 50.3 Å². The molecule has 2 aliphatic carbocycles. The number of primary amides is 1. The van der Waals surface area contributed by atoms with Crippen LogP contribution in [-0.2, 0) is 4.79 Å². The molecule has 0 atom stereocenters. The molecule has 4 heteroatoms. The molecule has 1 amide bonds. The topological polar surface area (TPSA) is 67.5 Å². The molecule has 0 heterocycles. The monoisotopic (exact) mass is 451 g/mol. The normalized spacial score (nSPS) is 22.7. The number of aliphatic imine (C=N–C) groups is 1. The summed E-state index contributed by atoms with van der Waals surface area (Å²) in [6, 6.07) is 0. The van der Waals surface area contributed by atoms with Crippen molar-refractivity contribution in [2.24, 2.45) is 34.4 Å². The average Bonchev–Trinajstić information content (AvgIpc) is 3.54. The van der Waals surface area contributed by atoms with Crippen LogP contribution in [0.2, 0.25) is 0 Å². The van der Waals surface area contributed by atoms with Gasteiger partial charge < -0.3 is 11.1 Å². The molecule has 0 radical (unpaired) electrons. The number of allylic oxidation sites excluding steroid dienone is 7. The van der Waals surface area contributed by atoms with Gasteiger partial charge in [-0.3, -0.25) is 9.79 Å². The van der Waals surface area contributed by atoms with E-state index in [0.29, 0.717) is 17.8 Å². The standard InChI is InChI=1S/C29H45N3O/c1-18(2)17-32-12-11-21(6)27(19(3)4)28(22(7)31-8)26(24-9-10-24)14-20(5)13-23-15-25(16-23)29(30)33/h13-14,18,23-25,32H,3,6,9-12,15-17H2,1-2,4-5,7-8H3,(H2,30,33)/b20-13-,26-14-,28-27-,31-22?. The number of hydrogen-bond donors (Lipinski definition) is 2. The fraction of sp³-hybridized carbons (Fsp3) is 0.586. The number of amides is 1. The molecule has 4 nitrogen and oxygen atoms in total. The van der Waals surface area contributed by atoms with E-state index in [9.17, 15) is 4.79 Å². The highest BCUT2D eigenvalue weighted by Gasteiger charge is 2.33. The molecule has 0 aromatic carbocycles. The molecule has 0 bridgehead atoms. The second-order valence-electron chi connectivity index (χ2n) is 10.4. The van der Waals surface area contributed by atoms with E-state index in [1.54, 1.807) is 0 Å². The van der Waals surface area contributed by atoms with Crippen molar-refractivity contribution in [3.05, 3.63) is 58.7 Å². The van der Waals surface area contributed by atoms with Gasteiger partial charge in [0.15, 0.2) is 0 Å². The minimum absolute atomic E-state index is 0.0403. The summed E-state index contributed by atoms with van der Waals surface area (Å²) in [6.07, 6.45) is 9.69. The highest BCUT2D eigenvalue weighted by atomic mass is 16.1. The molecule has 2 aliphatic rings. The Kier molecular flexibility index (Phi) is 10.1. The number of rotatable bonds is 13. The fourth-order valence-corrected chi connectivity index (χ4v) is 4.58. The van der Waals surface area contributed by atoms with Crippen LogP contribution in [0.15, 0.2) is 63.7 Å². The first-order chi connectivity index (χ1) is 15.5. The Balaban J connectivity index is 2.37. The lowest BCUT2D eigenvalue weighted by molar-refractivity contribution is -0.125. The molecule has 0 aliphatic heterocycles. The third-order valence-electron chi connectivity index (χ3n) is 6.65. The number of hydrogen-bond acceptors (Lipinski definition) is 3. The minimum Gasteiger partial charge on any atom is -0.369 e. The molecule has 2 rings (SSSR count). The molecular weight excluding hydrogens is 406 g/mol. The van der Waals surface area contributed by atoms with Gasteiger partial charge in [-0.2, -0.15) is 0 Å². The highest BCUT2D eigenvalue weighted by molar-refractivity contribution is 6.04. The van der Waals surface area contributed by atoms with Crippen molar-refractivity contribution in [3.8, 4) is 0 Å². The zero-order valence-electron chi connectivity index (χ0n) is 21.8. The molecule has 0 aromatic heterocycles. The van der Waals surface area contributed by atoms with E-state index < -0.39 is 0 Å². The lowest BCUT2D eigenvalue weighted by atomic mass is 9.73. The number of nitrogens with one attached hydrogen (secondary N) is 1. The van der Waals surface area contributed by atoms with Crippen molar-refractivity contribution in [3.63, 3.8) is 0 Å². The predicted octanol–water partition coefficient (Wildman–Crippen LogP) is 5.94. The lowest BCUT2D eigenvalue weighted by Gasteiger charge is -2.31. The van der Waals surface area contributed by atoms with Gasteiger partial charge >= 0.3 is 0 Å². The van der Waals surface area contributed by atoms with Crippen LogP contribution in [0.25, 0.3) is 0 Å². The molecule has 0 aromatic rings. The van der Waals surface area contributed by atoms with Gasteiger partial charge in [0.25, 0.3) is 0 Å². The van der Waals surface area contributed by atoms with Crippen LogP contribution in [0.4, 0.5) is 0 Å². The van der Waals surface area contributed by atoms with Crippen LogP contribution in [0.3, 0.4) is 0 Å². The highest BCUT2D eigenvalue weighted by Crippen LogP contribution is 2.44. The van der Waals surface area contributed by atoms with Crippen molar-refractivity contribution in [1.29, 1.82) is 0 Å². The van der Waals surface area contributed by atoms with E-state index in [4.69, 9.17) is 5.73 Å². The molecule has 33 heavy (non-hydrogen) atoms. The molecule has 0 saturated heterocycles. The maximum Gasteiger partial charge on any atom is 0.220 e. The lowest BCUT2D eigenvalue weighted by Crippen LogP contribution is -2.34. The quantitative estimate of drug-likeness (QED) is 0.207. The Bertz CT molecular complexity index is 875. The fourth-order valence-electron chi connectivity index (χ4n) is 4.58. The van der Waals surface area contributed by atoms with E-state index in [2.05, 4.69) is 70.2 Å². The number of nitrogens with zero attached hydrogens (tertiary/aromatic N) is 1. The Hall–Kier alpha value is -2.20. The van der Waals surface area contributed by atoms with Crippen LogP contribution in [0.1, 0.15) is 66.7 Å². The van der Waals surface area contributed by atoms with E-state index in [0.717, 1.165) is 54.8 Å². The summed E-state index contributed by atoms with van der Waals surface area (Å²) >= 11 is 0. The second-order valence-corrected chi connectivity index (χ2v) is 10.4. The predicted molar refractivity (Wildman–Crippen MR) is 142 cm³/mol. The molecule has 182 valence electrons. The molecule has 2 saturated carbocycles. The Morgan fingerprint density at radius 2 is 1.76 bits per heavy atom. The summed E-state index contributed by atoms with van der Waals surface area (Å²) in [5.41, 5.74) is 13.6. The minimum atomic E-state index is -0.168. The third kappa shape index (κ3) is 7.96. The molecule has 0 unspecified atom stereocenters. The summed E-state index contributed by atoms with van der Waals surface area (Å²) in [7, 11) is 1.86. The number of nitrogens with two attached hydrogens (primary N) is 1. The van der Waals surface area contributed by atoms with E-state index in [1.165, 1.54) is 29.6 Å². The van der Waals surface area contributed by atoms with E-state index in [1.807, 2.05) is 7.05 Å². The maximum absolute atomic E-state index is 11.4. The Labute approximate surface area is 201 Å². The number of carbonyl (C=O) groups is 1. The van der Waals surface area contributed by atoms with Crippen molar-refractivity contribution < 1.29 is 4.79 Å². The summed E-state index contributed by atoms with van der Waals surface area (Å²) < 4.78 is 0. The average molecular weight is 452 g/mol. The van der Waals surface area contributed by atoms with Gasteiger partial charge in [0.1, 0.15) is 0 Å². The van der Waals surface area contributed by atoms with Crippen LogP contribution < -0.4 is 11.1 Å². The van der Waals surface area contributed by atoms with Gasteiger partial charge in [0.2, 0.25) is 5.91 Å². The smallest absolute Gasteiger partial charge is 0.220 e. The first-order valence-electron chi connectivity index (χ1n) is 12.5. The van der Waals surface area contributed by atoms with Gasteiger partial charge in [-0.15, -0.1) is 0 Å². The van der Waals surface area contributed by atoms with Gasteiger partial charge in [-0.25, -0.2) is 0 Å². The zero-order chi connectivity index (χ0) is 24.7. The first kappa shape index (κ1) is 27.0. The van der Waals surface area contributed by atoms with Crippen LogP contribution in [0.5, 0.6) is 0 Å². The summed E-state index contributed by atoms with van der Waals surface area (Å²) in [5.74, 6) is 1.50. The maximum atomic E-state index is 11.4. The van der Waals surface area contributed by atoms with Crippen molar-refractivity contribution in [2.45, 2.75) is 66.7 Å². The number of carbonyl (C=O) groups excluding carboxylic acids is 1. The first-order valence-corrected chi connectivity index (χ1v) is 12.5. The summed E-state index contributed by atoms with van der Waals surface area (Å²) in [6.45, 7) is 21.5. The molecule has 2 fully saturated rings. The summed E-state index contributed by atoms with van der Waals surface area (Å²) in [4.78, 5) is 16.0. The molecular formula is C29H45N3O. The van der Waals surface area contributed by atoms with Gasteiger partial charge in [-0.05, 0) is 100 Å².